The fraction of sp³-hybridized carbons (Fsp3) is 0.214. The molecule has 1 aromatic carbocycles. The van der Waals surface area contributed by atoms with Crippen LogP contribution in [0.25, 0.3) is 0 Å². The molecule has 2 aromatic rings. The second kappa shape index (κ2) is 5.23. The fourth-order valence-corrected chi connectivity index (χ4v) is 2.31. The van der Waals surface area contributed by atoms with Gasteiger partial charge in [0.2, 0.25) is 0 Å². The van der Waals surface area contributed by atoms with Crippen LogP contribution in [0.4, 0.5) is 4.39 Å². The summed E-state index contributed by atoms with van der Waals surface area (Å²) in [5.41, 5.74) is 1.03. The summed E-state index contributed by atoms with van der Waals surface area (Å²) in [7, 11) is 0. The molecule has 17 heavy (non-hydrogen) atoms. The molecule has 1 heterocycles. The predicted octanol–water partition coefficient (Wildman–Crippen LogP) is 4.01. The number of carbonyl (C=O) groups is 1. The lowest BCUT2D eigenvalue weighted by Gasteiger charge is -2.02. The monoisotopic (exact) mass is 248 g/mol. The highest BCUT2D eigenvalue weighted by Gasteiger charge is 2.08. The van der Waals surface area contributed by atoms with Gasteiger partial charge in [0.1, 0.15) is 5.82 Å². The molecule has 0 saturated carbocycles. The third-order valence-electron chi connectivity index (χ3n) is 2.67. The van der Waals surface area contributed by atoms with Crippen LogP contribution in [0.2, 0.25) is 0 Å². The van der Waals surface area contributed by atoms with Crippen LogP contribution in [0.5, 0.6) is 0 Å². The van der Waals surface area contributed by atoms with Gasteiger partial charge in [0.25, 0.3) is 0 Å². The van der Waals surface area contributed by atoms with Gasteiger partial charge in [-0.1, -0.05) is 18.2 Å². The maximum absolute atomic E-state index is 13.3. The van der Waals surface area contributed by atoms with E-state index in [9.17, 15) is 9.18 Å². The topological polar surface area (TPSA) is 17.1 Å². The van der Waals surface area contributed by atoms with E-state index in [1.807, 2.05) is 17.5 Å². The van der Waals surface area contributed by atoms with Gasteiger partial charge in [-0.15, -0.1) is 11.3 Å². The molecule has 0 fully saturated rings. The maximum atomic E-state index is 13.3. The minimum Gasteiger partial charge on any atom is -0.294 e. The van der Waals surface area contributed by atoms with Crippen molar-refractivity contribution in [3.63, 3.8) is 0 Å². The number of rotatable bonds is 4. The molecule has 1 nitrogen and oxygen atoms in total. The standard InChI is InChI=1S/C14H13FOS/c1-10-4-5-11(9-13(10)15)14(16)7-6-12-3-2-8-17-12/h2-5,8-9H,6-7H2,1H3. The molecule has 0 amide bonds. The number of carbonyl (C=O) groups excluding carboxylic acids is 1. The lowest BCUT2D eigenvalue weighted by Crippen LogP contribution is -2.01. The highest BCUT2D eigenvalue weighted by atomic mass is 32.1. The van der Waals surface area contributed by atoms with E-state index in [0.29, 0.717) is 17.5 Å². The number of aryl methyl sites for hydroxylation is 2. The van der Waals surface area contributed by atoms with E-state index in [2.05, 4.69) is 0 Å². The molecule has 1 aromatic heterocycles. The molecular formula is C14H13FOS. The predicted molar refractivity (Wildman–Crippen MR) is 68.1 cm³/mol. The largest absolute Gasteiger partial charge is 0.294 e. The molecule has 0 unspecified atom stereocenters. The van der Waals surface area contributed by atoms with Gasteiger partial charge in [-0.3, -0.25) is 4.79 Å². The average Bonchev–Trinajstić information content (AvgIpc) is 2.82. The molecule has 0 aliphatic rings. The Labute approximate surface area is 104 Å². The molecule has 0 aliphatic heterocycles. The first kappa shape index (κ1) is 12.0. The zero-order valence-corrected chi connectivity index (χ0v) is 10.4. The van der Waals surface area contributed by atoms with Gasteiger partial charge in [0, 0.05) is 16.9 Å². The van der Waals surface area contributed by atoms with Crippen molar-refractivity contribution in [2.75, 3.05) is 0 Å². The number of benzene rings is 1. The first-order valence-electron chi connectivity index (χ1n) is 5.48. The second-order valence-electron chi connectivity index (χ2n) is 3.97. The smallest absolute Gasteiger partial charge is 0.163 e. The third-order valence-corrected chi connectivity index (χ3v) is 3.61. The van der Waals surface area contributed by atoms with Crippen molar-refractivity contribution in [3.05, 3.63) is 57.5 Å². The van der Waals surface area contributed by atoms with Gasteiger partial charge in [0.05, 0.1) is 0 Å². The number of thiophene rings is 1. The van der Waals surface area contributed by atoms with Crippen LogP contribution in [0.15, 0.2) is 35.7 Å². The summed E-state index contributed by atoms with van der Waals surface area (Å²) in [4.78, 5) is 13.0. The molecule has 3 heteroatoms. The molecule has 0 aliphatic carbocycles. The summed E-state index contributed by atoms with van der Waals surface area (Å²) in [6.45, 7) is 1.69. The summed E-state index contributed by atoms with van der Waals surface area (Å²) in [6, 6.07) is 8.64. The van der Waals surface area contributed by atoms with Crippen molar-refractivity contribution in [1.29, 1.82) is 0 Å². The fourth-order valence-electron chi connectivity index (χ4n) is 1.60. The summed E-state index contributed by atoms with van der Waals surface area (Å²) in [6.07, 6.45) is 1.16. The van der Waals surface area contributed by atoms with E-state index in [1.54, 1.807) is 30.4 Å². The lowest BCUT2D eigenvalue weighted by atomic mass is 10.0. The quantitative estimate of drug-likeness (QED) is 0.747. The number of ketones is 1. The molecular weight excluding hydrogens is 235 g/mol. The van der Waals surface area contributed by atoms with Gasteiger partial charge < -0.3 is 0 Å². The molecule has 0 N–H and O–H groups in total. The number of halogens is 1. The Bertz CT molecular complexity index is 517. The van der Waals surface area contributed by atoms with Crippen molar-refractivity contribution in [2.45, 2.75) is 19.8 Å². The van der Waals surface area contributed by atoms with E-state index in [-0.39, 0.29) is 11.6 Å². The lowest BCUT2D eigenvalue weighted by molar-refractivity contribution is 0.0982. The Morgan fingerprint density at radius 3 is 2.82 bits per heavy atom. The van der Waals surface area contributed by atoms with Crippen LogP contribution in [0.3, 0.4) is 0 Å². The van der Waals surface area contributed by atoms with E-state index in [1.165, 1.54) is 10.9 Å². The molecule has 0 saturated heterocycles. The maximum Gasteiger partial charge on any atom is 0.163 e. The van der Waals surface area contributed by atoms with Crippen LogP contribution in [0.1, 0.15) is 27.2 Å². The molecule has 88 valence electrons. The average molecular weight is 248 g/mol. The normalized spacial score (nSPS) is 10.5. The van der Waals surface area contributed by atoms with Crippen LogP contribution in [-0.4, -0.2) is 5.78 Å². The van der Waals surface area contributed by atoms with E-state index in [4.69, 9.17) is 0 Å². The Morgan fingerprint density at radius 2 is 2.18 bits per heavy atom. The van der Waals surface area contributed by atoms with Crippen molar-refractivity contribution in [2.24, 2.45) is 0 Å². The summed E-state index contributed by atoms with van der Waals surface area (Å²) in [5, 5.41) is 1.99. The number of Topliss-reactive ketones (excluding diaryl/α,β-unsaturated/α-hetero) is 1. The van der Waals surface area contributed by atoms with Crippen molar-refractivity contribution >= 4 is 17.1 Å². The van der Waals surface area contributed by atoms with Crippen LogP contribution in [-0.2, 0) is 6.42 Å². The highest BCUT2D eigenvalue weighted by Crippen LogP contribution is 2.15. The third kappa shape index (κ3) is 3.01. The van der Waals surface area contributed by atoms with Gasteiger partial charge in [-0.05, 0) is 36.4 Å². The molecule has 0 atom stereocenters. The first-order chi connectivity index (χ1) is 8.16. The molecule has 2 rings (SSSR count). The minimum absolute atomic E-state index is 0.00250. The zero-order valence-electron chi connectivity index (χ0n) is 9.57. The number of hydrogen-bond acceptors (Lipinski definition) is 2. The van der Waals surface area contributed by atoms with Crippen molar-refractivity contribution in [3.8, 4) is 0 Å². The molecule has 0 radical (unpaired) electrons. The van der Waals surface area contributed by atoms with Gasteiger partial charge in [-0.25, -0.2) is 4.39 Å². The minimum atomic E-state index is -0.313. The molecule has 0 bridgehead atoms. The summed E-state index contributed by atoms with van der Waals surface area (Å²) >= 11 is 1.64. The van der Waals surface area contributed by atoms with Gasteiger partial charge in [-0.2, -0.15) is 0 Å². The Hall–Kier alpha value is -1.48. The van der Waals surface area contributed by atoms with Crippen molar-refractivity contribution < 1.29 is 9.18 Å². The van der Waals surface area contributed by atoms with Gasteiger partial charge >= 0.3 is 0 Å². The van der Waals surface area contributed by atoms with E-state index >= 15 is 0 Å². The van der Waals surface area contributed by atoms with Gasteiger partial charge in [0.15, 0.2) is 5.78 Å². The Kier molecular flexibility index (Phi) is 3.69. The van der Waals surface area contributed by atoms with E-state index in [0.717, 1.165) is 6.42 Å². The second-order valence-corrected chi connectivity index (χ2v) is 5.00. The number of hydrogen-bond donors (Lipinski definition) is 0. The van der Waals surface area contributed by atoms with Crippen LogP contribution >= 0.6 is 11.3 Å². The summed E-state index contributed by atoms with van der Waals surface area (Å²) < 4.78 is 13.3. The summed E-state index contributed by atoms with van der Waals surface area (Å²) in [5.74, 6) is -0.315. The highest BCUT2D eigenvalue weighted by molar-refractivity contribution is 7.09. The van der Waals surface area contributed by atoms with Crippen LogP contribution in [0, 0.1) is 12.7 Å². The zero-order chi connectivity index (χ0) is 12.3. The SMILES string of the molecule is Cc1ccc(C(=O)CCc2cccs2)cc1F. The van der Waals surface area contributed by atoms with E-state index < -0.39 is 0 Å². The first-order valence-corrected chi connectivity index (χ1v) is 6.36. The van der Waals surface area contributed by atoms with Crippen LogP contribution < -0.4 is 0 Å². The van der Waals surface area contributed by atoms with Crippen molar-refractivity contribution in [1.82, 2.24) is 0 Å². The Balaban J connectivity index is 2.02. The molecule has 0 spiro atoms. The Morgan fingerprint density at radius 1 is 1.35 bits per heavy atom.